The smallest absolute Gasteiger partial charge is 0.247 e. The molecule has 0 bridgehead atoms. The first kappa shape index (κ1) is 15.7. The van der Waals surface area contributed by atoms with Crippen LogP contribution in [0.4, 0.5) is 5.69 Å². The molecule has 3 aliphatic rings. The predicted octanol–water partition coefficient (Wildman–Crippen LogP) is 3.63. The Hall–Kier alpha value is -2.31. The van der Waals surface area contributed by atoms with Gasteiger partial charge in [-0.3, -0.25) is 9.69 Å². The van der Waals surface area contributed by atoms with Crippen molar-refractivity contribution in [2.45, 2.75) is 30.8 Å². The molecule has 3 atom stereocenters. The highest BCUT2D eigenvalue weighted by Gasteiger charge is 2.65. The number of amides is 1. The van der Waals surface area contributed by atoms with E-state index < -0.39 is 0 Å². The molecular weight excluding hydrogens is 356 g/mol. The van der Waals surface area contributed by atoms with Gasteiger partial charge >= 0.3 is 0 Å². The molecule has 0 unspecified atom stereocenters. The van der Waals surface area contributed by atoms with Crippen LogP contribution in [0.3, 0.4) is 0 Å². The molecule has 0 saturated carbocycles. The van der Waals surface area contributed by atoms with Gasteiger partial charge < -0.3 is 4.90 Å². The second-order valence-electron chi connectivity index (χ2n) is 7.93. The molecule has 6 rings (SSSR count). The lowest BCUT2D eigenvalue weighted by Gasteiger charge is -2.33. The second kappa shape index (κ2) is 5.59. The van der Waals surface area contributed by atoms with Crippen LogP contribution in [0.1, 0.15) is 30.9 Å². The van der Waals surface area contributed by atoms with Gasteiger partial charge in [-0.2, -0.15) is 8.75 Å². The number of benzene rings is 2. The molecule has 0 radical (unpaired) electrons. The highest BCUT2D eigenvalue weighted by atomic mass is 32.1. The van der Waals surface area contributed by atoms with Crippen molar-refractivity contribution >= 4 is 34.4 Å². The van der Waals surface area contributed by atoms with Crippen molar-refractivity contribution in [3.63, 3.8) is 0 Å². The fourth-order valence-electron chi connectivity index (χ4n) is 5.65. The number of rotatable bonds is 2. The minimum absolute atomic E-state index is 0.301. The monoisotopic (exact) mass is 376 g/mol. The fraction of sp³-hybridized carbons (Fsp3) is 0.381. The van der Waals surface area contributed by atoms with E-state index in [1.54, 1.807) is 0 Å². The highest BCUT2D eigenvalue weighted by Crippen LogP contribution is 2.56. The molecule has 4 heterocycles. The molecule has 3 saturated heterocycles. The van der Waals surface area contributed by atoms with Gasteiger partial charge in [0.2, 0.25) is 5.91 Å². The SMILES string of the molecule is O=C1N(c2ccccc2)C[C@@H]2C[C@@H](c3ccc4nsnc4c3)N3CCC[C@@]123. The Morgan fingerprint density at radius 3 is 2.81 bits per heavy atom. The number of anilines is 1. The van der Waals surface area contributed by atoms with Crippen LogP contribution >= 0.6 is 11.7 Å². The number of fused-ring (bicyclic) bond motifs is 1. The van der Waals surface area contributed by atoms with Crippen LogP contribution in [0.2, 0.25) is 0 Å². The molecule has 3 aromatic rings. The largest absolute Gasteiger partial charge is 0.310 e. The van der Waals surface area contributed by atoms with Crippen molar-refractivity contribution in [3.05, 3.63) is 54.1 Å². The Kier molecular flexibility index (Phi) is 3.26. The quantitative estimate of drug-likeness (QED) is 0.685. The van der Waals surface area contributed by atoms with E-state index in [2.05, 4.69) is 44.0 Å². The van der Waals surface area contributed by atoms with E-state index in [1.165, 1.54) is 17.3 Å². The molecular formula is C21H20N4OS. The standard InChI is InChI=1S/C21H20N4OS/c26-20-21-9-4-10-25(21)19(14-7-8-17-18(11-14)23-27-22-17)12-15(21)13-24(20)16-5-2-1-3-6-16/h1-3,5-8,11,15,19H,4,9-10,12-13H2/t15-,19-,21-/m0/s1. The van der Waals surface area contributed by atoms with E-state index in [0.29, 0.717) is 17.9 Å². The molecule has 3 fully saturated rings. The Balaban J connectivity index is 1.38. The van der Waals surface area contributed by atoms with Crippen LogP contribution in [-0.4, -0.2) is 38.2 Å². The Bertz CT molecular complexity index is 1030. The van der Waals surface area contributed by atoms with Gasteiger partial charge in [0.15, 0.2) is 0 Å². The third kappa shape index (κ3) is 2.05. The van der Waals surface area contributed by atoms with Crippen LogP contribution in [0.15, 0.2) is 48.5 Å². The first-order valence-corrected chi connectivity index (χ1v) is 10.4. The minimum atomic E-state index is -0.310. The van der Waals surface area contributed by atoms with Crippen LogP contribution in [0, 0.1) is 5.92 Å². The average Bonchev–Trinajstić information content (AvgIpc) is 3.44. The molecule has 136 valence electrons. The first-order valence-electron chi connectivity index (χ1n) is 9.63. The molecule has 6 heteroatoms. The average molecular weight is 376 g/mol. The summed E-state index contributed by atoms with van der Waals surface area (Å²) in [6.07, 6.45) is 3.12. The van der Waals surface area contributed by atoms with Crippen molar-refractivity contribution in [1.29, 1.82) is 0 Å². The number of carbonyl (C=O) groups excluding carboxylic acids is 1. The fourth-order valence-corrected chi connectivity index (χ4v) is 6.16. The molecule has 0 N–H and O–H groups in total. The molecule has 1 spiro atoms. The maximum absolute atomic E-state index is 13.6. The van der Waals surface area contributed by atoms with Gasteiger partial charge in [0.25, 0.3) is 0 Å². The van der Waals surface area contributed by atoms with Crippen molar-refractivity contribution in [3.8, 4) is 0 Å². The van der Waals surface area contributed by atoms with Crippen molar-refractivity contribution in [2.24, 2.45) is 5.92 Å². The molecule has 3 aliphatic heterocycles. The normalized spacial score (nSPS) is 30.2. The van der Waals surface area contributed by atoms with E-state index in [4.69, 9.17) is 0 Å². The summed E-state index contributed by atoms with van der Waals surface area (Å²) >= 11 is 1.26. The third-order valence-corrected chi connectivity index (χ3v) is 7.33. The predicted molar refractivity (Wildman–Crippen MR) is 106 cm³/mol. The lowest BCUT2D eigenvalue weighted by molar-refractivity contribution is -0.126. The van der Waals surface area contributed by atoms with E-state index in [-0.39, 0.29) is 5.54 Å². The minimum Gasteiger partial charge on any atom is -0.310 e. The van der Waals surface area contributed by atoms with E-state index in [1.807, 2.05) is 23.1 Å². The molecule has 5 nitrogen and oxygen atoms in total. The highest BCUT2D eigenvalue weighted by molar-refractivity contribution is 7.00. The number of carbonyl (C=O) groups is 1. The van der Waals surface area contributed by atoms with Crippen LogP contribution < -0.4 is 4.90 Å². The number of para-hydroxylation sites is 1. The third-order valence-electron chi connectivity index (χ3n) is 6.78. The lowest BCUT2D eigenvalue weighted by Crippen LogP contribution is -2.49. The molecule has 1 aromatic heterocycles. The summed E-state index contributed by atoms with van der Waals surface area (Å²) in [5.41, 5.74) is 3.94. The summed E-state index contributed by atoms with van der Waals surface area (Å²) in [5.74, 6) is 0.692. The van der Waals surface area contributed by atoms with Gasteiger partial charge in [-0.1, -0.05) is 24.3 Å². The van der Waals surface area contributed by atoms with Gasteiger partial charge in [0.1, 0.15) is 16.6 Å². The molecule has 2 aromatic carbocycles. The van der Waals surface area contributed by atoms with E-state index in [9.17, 15) is 4.79 Å². The first-order chi connectivity index (χ1) is 13.3. The van der Waals surface area contributed by atoms with Crippen molar-refractivity contribution in [2.75, 3.05) is 18.0 Å². The van der Waals surface area contributed by atoms with E-state index in [0.717, 1.165) is 49.1 Å². The topological polar surface area (TPSA) is 49.3 Å². The summed E-state index contributed by atoms with van der Waals surface area (Å²) < 4.78 is 8.73. The van der Waals surface area contributed by atoms with Gasteiger partial charge in [-0.25, -0.2) is 0 Å². The summed E-state index contributed by atoms with van der Waals surface area (Å²) in [7, 11) is 0. The van der Waals surface area contributed by atoms with E-state index >= 15 is 0 Å². The molecule has 0 aliphatic carbocycles. The van der Waals surface area contributed by atoms with Gasteiger partial charge in [-0.05, 0) is 55.6 Å². The number of hydrogen-bond acceptors (Lipinski definition) is 5. The summed E-state index contributed by atoms with van der Waals surface area (Å²) in [6, 6.07) is 16.9. The molecule has 1 amide bonds. The van der Waals surface area contributed by atoms with Crippen LogP contribution in [0.5, 0.6) is 0 Å². The van der Waals surface area contributed by atoms with Crippen LogP contribution in [-0.2, 0) is 4.79 Å². The maximum atomic E-state index is 13.6. The second-order valence-corrected chi connectivity index (χ2v) is 8.46. The van der Waals surface area contributed by atoms with Gasteiger partial charge in [0.05, 0.1) is 11.7 Å². The number of hydrogen-bond donors (Lipinski definition) is 0. The van der Waals surface area contributed by atoms with Crippen molar-refractivity contribution < 1.29 is 4.79 Å². The van der Waals surface area contributed by atoms with Gasteiger partial charge in [-0.15, -0.1) is 0 Å². The zero-order valence-corrected chi connectivity index (χ0v) is 15.7. The van der Waals surface area contributed by atoms with Gasteiger partial charge in [0, 0.05) is 24.2 Å². The van der Waals surface area contributed by atoms with Crippen molar-refractivity contribution in [1.82, 2.24) is 13.6 Å². The number of nitrogens with zero attached hydrogens (tertiary/aromatic N) is 4. The Morgan fingerprint density at radius 1 is 1.07 bits per heavy atom. The maximum Gasteiger partial charge on any atom is 0.247 e. The zero-order chi connectivity index (χ0) is 18.0. The zero-order valence-electron chi connectivity index (χ0n) is 14.9. The molecule has 27 heavy (non-hydrogen) atoms. The summed E-state index contributed by atoms with van der Waals surface area (Å²) in [5, 5.41) is 0. The summed E-state index contributed by atoms with van der Waals surface area (Å²) in [6.45, 7) is 1.83. The Labute approximate surface area is 161 Å². The Morgan fingerprint density at radius 2 is 1.93 bits per heavy atom. The van der Waals surface area contributed by atoms with Crippen LogP contribution in [0.25, 0.3) is 11.0 Å². The number of aromatic nitrogens is 2. The summed E-state index contributed by atoms with van der Waals surface area (Å²) in [4.78, 5) is 18.1. The lowest BCUT2D eigenvalue weighted by atomic mass is 9.85.